The zero-order chi connectivity index (χ0) is 10.7. The number of benzene rings is 2. The maximum absolute atomic E-state index is 5.18. The van der Waals surface area contributed by atoms with Gasteiger partial charge in [0.15, 0.2) is 0 Å². The van der Waals surface area contributed by atoms with Gasteiger partial charge in [0.25, 0.3) is 0 Å². The number of hydrogen-bond acceptors (Lipinski definition) is 1. The van der Waals surface area contributed by atoms with Crippen LogP contribution >= 0.6 is 0 Å². The molecule has 0 bridgehead atoms. The fourth-order valence-electron chi connectivity index (χ4n) is 1.84. The average molecular weight is 198 g/mol. The normalized spacial score (nSPS) is 10.5. The molecule has 76 valence electrons. The van der Waals surface area contributed by atoms with E-state index in [4.69, 9.17) is 4.74 Å². The molecule has 2 aromatic carbocycles. The molecule has 1 heteroatoms. The lowest BCUT2D eigenvalue weighted by molar-refractivity contribution is 0.186. The third-order valence-corrected chi connectivity index (χ3v) is 2.57. The summed E-state index contributed by atoms with van der Waals surface area (Å²) in [6, 6.07) is 12.5. The van der Waals surface area contributed by atoms with Crippen molar-refractivity contribution in [1.82, 2.24) is 0 Å². The van der Waals surface area contributed by atoms with Crippen molar-refractivity contribution < 1.29 is 4.74 Å². The SMILES string of the molecule is C=Cc1ccc(COC)c2ccccc12. The van der Waals surface area contributed by atoms with Crippen molar-refractivity contribution >= 4 is 16.8 Å². The van der Waals surface area contributed by atoms with Crippen molar-refractivity contribution in [3.8, 4) is 0 Å². The van der Waals surface area contributed by atoms with Crippen molar-refractivity contribution in [2.75, 3.05) is 7.11 Å². The molecule has 2 aromatic rings. The Kier molecular flexibility index (Phi) is 2.84. The minimum absolute atomic E-state index is 0.651. The molecule has 0 spiro atoms. The fourth-order valence-corrected chi connectivity index (χ4v) is 1.84. The summed E-state index contributed by atoms with van der Waals surface area (Å²) in [7, 11) is 1.72. The quantitative estimate of drug-likeness (QED) is 0.731. The summed E-state index contributed by atoms with van der Waals surface area (Å²) in [5.74, 6) is 0. The van der Waals surface area contributed by atoms with E-state index in [1.54, 1.807) is 7.11 Å². The molecule has 0 N–H and O–H groups in total. The largest absolute Gasteiger partial charge is 0.380 e. The van der Waals surface area contributed by atoms with Gasteiger partial charge < -0.3 is 4.74 Å². The summed E-state index contributed by atoms with van der Waals surface area (Å²) >= 11 is 0. The lowest BCUT2D eigenvalue weighted by atomic mass is 10.00. The highest BCUT2D eigenvalue weighted by molar-refractivity contribution is 5.92. The molecule has 0 heterocycles. The molecule has 0 atom stereocenters. The molecular weight excluding hydrogens is 184 g/mol. The van der Waals surface area contributed by atoms with Gasteiger partial charge in [0.2, 0.25) is 0 Å². The molecule has 0 amide bonds. The Morgan fingerprint density at radius 2 is 1.87 bits per heavy atom. The van der Waals surface area contributed by atoms with Crippen molar-refractivity contribution in [2.24, 2.45) is 0 Å². The van der Waals surface area contributed by atoms with Crippen LogP contribution in [0.5, 0.6) is 0 Å². The summed E-state index contributed by atoms with van der Waals surface area (Å²) < 4.78 is 5.18. The van der Waals surface area contributed by atoms with Crippen LogP contribution in [0.3, 0.4) is 0 Å². The maximum atomic E-state index is 5.18. The van der Waals surface area contributed by atoms with Crippen molar-refractivity contribution in [3.63, 3.8) is 0 Å². The number of rotatable bonds is 3. The van der Waals surface area contributed by atoms with Gasteiger partial charge in [-0.1, -0.05) is 49.1 Å². The zero-order valence-electron chi connectivity index (χ0n) is 8.86. The third-order valence-electron chi connectivity index (χ3n) is 2.57. The topological polar surface area (TPSA) is 9.23 Å². The van der Waals surface area contributed by atoms with Gasteiger partial charge in [-0.25, -0.2) is 0 Å². The molecule has 1 nitrogen and oxygen atoms in total. The molecule has 0 fully saturated rings. The van der Waals surface area contributed by atoms with Crippen LogP contribution in [0.25, 0.3) is 16.8 Å². The molecule has 2 rings (SSSR count). The van der Waals surface area contributed by atoms with Crippen LogP contribution in [0, 0.1) is 0 Å². The van der Waals surface area contributed by atoms with Crippen molar-refractivity contribution in [3.05, 3.63) is 54.1 Å². The second kappa shape index (κ2) is 4.28. The first kappa shape index (κ1) is 9.94. The number of methoxy groups -OCH3 is 1. The molecule has 0 radical (unpaired) electrons. The summed E-state index contributed by atoms with van der Waals surface area (Å²) in [5.41, 5.74) is 2.39. The Morgan fingerprint density at radius 3 is 2.53 bits per heavy atom. The minimum Gasteiger partial charge on any atom is -0.380 e. The first-order chi connectivity index (χ1) is 7.36. The number of ether oxygens (including phenoxy) is 1. The predicted octanol–water partition coefficient (Wildman–Crippen LogP) is 3.63. The highest BCUT2D eigenvalue weighted by Gasteiger charge is 2.02. The fraction of sp³-hybridized carbons (Fsp3) is 0.143. The second-order valence-corrected chi connectivity index (χ2v) is 3.50. The van der Waals surface area contributed by atoms with Crippen LogP contribution in [0.15, 0.2) is 43.0 Å². The van der Waals surface area contributed by atoms with Crippen molar-refractivity contribution in [1.29, 1.82) is 0 Å². The molecule has 0 aromatic heterocycles. The van der Waals surface area contributed by atoms with Gasteiger partial charge in [-0.15, -0.1) is 0 Å². The van der Waals surface area contributed by atoms with Gasteiger partial charge >= 0.3 is 0 Å². The van der Waals surface area contributed by atoms with Gasteiger partial charge in [-0.05, 0) is 21.9 Å². The predicted molar refractivity (Wildman–Crippen MR) is 64.8 cm³/mol. The average Bonchev–Trinajstić information content (AvgIpc) is 2.30. The van der Waals surface area contributed by atoms with E-state index in [-0.39, 0.29) is 0 Å². The molecule has 15 heavy (non-hydrogen) atoms. The van der Waals surface area contributed by atoms with E-state index in [2.05, 4.69) is 30.8 Å². The molecule has 0 saturated heterocycles. The third kappa shape index (κ3) is 1.79. The van der Waals surface area contributed by atoms with E-state index in [1.807, 2.05) is 18.2 Å². The number of hydrogen-bond donors (Lipinski definition) is 0. The van der Waals surface area contributed by atoms with Gasteiger partial charge in [0.1, 0.15) is 0 Å². The highest BCUT2D eigenvalue weighted by atomic mass is 16.5. The Hall–Kier alpha value is -1.60. The van der Waals surface area contributed by atoms with Crippen LogP contribution in [-0.2, 0) is 11.3 Å². The van der Waals surface area contributed by atoms with Gasteiger partial charge in [0.05, 0.1) is 6.61 Å². The molecular formula is C14H14O. The monoisotopic (exact) mass is 198 g/mol. The minimum atomic E-state index is 0.651. The number of fused-ring (bicyclic) bond motifs is 1. The lowest BCUT2D eigenvalue weighted by Crippen LogP contribution is -1.90. The van der Waals surface area contributed by atoms with E-state index >= 15 is 0 Å². The van der Waals surface area contributed by atoms with Crippen LogP contribution in [0.4, 0.5) is 0 Å². The van der Waals surface area contributed by atoms with E-state index in [0.29, 0.717) is 6.61 Å². The van der Waals surface area contributed by atoms with Crippen molar-refractivity contribution in [2.45, 2.75) is 6.61 Å². The molecule has 0 aliphatic heterocycles. The highest BCUT2D eigenvalue weighted by Crippen LogP contribution is 2.23. The Morgan fingerprint density at radius 1 is 1.13 bits per heavy atom. The summed E-state index contributed by atoms with van der Waals surface area (Å²) in [6.45, 7) is 4.48. The Balaban J connectivity index is 2.71. The molecule has 0 unspecified atom stereocenters. The molecule has 0 aliphatic carbocycles. The molecule has 0 saturated carbocycles. The summed E-state index contributed by atoms with van der Waals surface area (Å²) in [4.78, 5) is 0. The van der Waals surface area contributed by atoms with E-state index < -0.39 is 0 Å². The molecule has 0 aliphatic rings. The van der Waals surface area contributed by atoms with Crippen LogP contribution in [0.1, 0.15) is 11.1 Å². The van der Waals surface area contributed by atoms with E-state index in [9.17, 15) is 0 Å². The van der Waals surface area contributed by atoms with E-state index in [1.165, 1.54) is 21.9 Å². The van der Waals surface area contributed by atoms with Crippen LogP contribution in [0.2, 0.25) is 0 Å². The summed E-state index contributed by atoms with van der Waals surface area (Å²) in [6.07, 6.45) is 1.89. The smallest absolute Gasteiger partial charge is 0.0719 e. The summed E-state index contributed by atoms with van der Waals surface area (Å²) in [5, 5.41) is 2.49. The standard InChI is InChI=1S/C14H14O/c1-3-11-8-9-12(10-15-2)14-7-5-4-6-13(11)14/h3-9H,1,10H2,2H3. The second-order valence-electron chi connectivity index (χ2n) is 3.50. The van der Waals surface area contributed by atoms with Gasteiger partial charge in [-0.3, -0.25) is 0 Å². The lowest BCUT2D eigenvalue weighted by Gasteiger charge is -2.08. The van der Waals surface area contributed by atoms with Gasteiger partial charge in [0, 0.05) is 7.11 Å². The Bertz CT molecular complexity index is 486. The maximum Gasteiger partial charge on any atom is 0.0719 e. The van der Waals surface area contributed by atoms with E-state index in [0.717, 1.165) is 0 Å². The van der Waals surface area contributed by atoms with Gasteiger partial charge in [-0.2, -0.15) is 0 Å². The van der Waals surface area contributed by atoms with Crippen LogP contribution < -0.4 is 0 Å². The van der Waals surface area contributed by atoms with Crippen LogP contribution in [-0.4, -0.2) is 7.11 Å². The first-order valence-corrected chi connectivity index (χ1v) is 4.99. The zero-order valence-corrected chi connectivity index (χ0v) is 8.86. The first-order valence-electron chi connectivity index (χ1n) is 4.99. The Labute approximate surface area is 90.0 Å².